The lowest BCUT2D eigenvalue weighted by Gasteiger charge is -2.23. The summed E-state index contributed by atoms with van der Waals surface area (Å²) in [6.45, 7) is 6.46. The SMILES string of the molecule is CCCCNC(=O)NC(C(=O)Nc1nnc(-c2ccc(F)cc2)s1)C(C)CC. The number of halogens is 1. The van der Waals surface area contributed by atoms with E-state index in [1.807, 2.05) is 20.8 Å². The number of rotatable bonds is 9. The maximum Gasteiger partial charge on any atom is 0.315 e. The number of hydrogen-bond acceptors (Lipinski definition) is 5. The molecule has 1 aromatic heterocycles. The van der Waals surface area contributed by atoms with Gasteiger partial charge in [-0.25, -0.2) is 9.18 Å². The van der Waals surface area contributed by atoms with Crippen LogP contribution in [0.2, 0.25) is 0 Å². The molecule has 3 amide bonds. The van der Waals surface area contributed by atoms with Gasteiger partial charge in [-0.05, 0) is 36.6 Å². The first-order valence-electron chi connectivity index (χ1n) is 9.39. The molecule has 0 aliphatic heterocycles. The minimum Gasteiger partial charge on any atom is -0.338 e. The monoisotopic (exact) mass is 407 g/mol. The molecule has 0 saturated heterocycles. The summed E-state index contributed by atoms with van der Waals surface area (Å²) >= 11 is 1.19. The molecule has 28 heavy (non-hydrogen) atoms. The third-order valence-electron chi connectivity index (χ3n) is 4.34. The van der Waals surface area contributed by atoms with E-state index in [0.717, 1.165) is 19.3 Å². The minimum atomic E-state index is -0.690. The highest BCUT2D eigenvalue weighted by Crippen LogP contribution is 2.26. The van der Waals surface area contributed by atoms with Crippen LogP contribution in [0, 0.1) is 11.7 Å². The number of carbonyl (C=O) groups is 2. The van der Waals surface area contributed by atoms with Crippen LogP contribution in [-0.2, 0) is 4.79 Å². The Hall–Kier alpha value is -2.55. The Morgan fingerprint density at radius 2 is 1.89 bits per heavy atom. The van der Waals surface area contributed by atoms with Crippen LogP contribution in [0.15, 0.2) is 24.3 Å². The summed E-state index contributed by atoms with van der Waals surface area (Å²) in [6, 6.07) is 4.84. The van der Waals surface area contributed by atoms with Gasteiger partial charge in [-0.2, -0.15) is 0 Å². The molecule has 2 aromatic rings. The molecule has 2 unspecified atom stereocenters. The fourth-order valence-electron chi connectivity index (χ4n) is 2.44. The van der Waals surface area contributed by atoms with E-state index in [9.17, 15) is 14.0 Å². The average Bonchev–Trinajstić information content (AvgIpc) is 3.14. The van der Waals surface area contributed by atoms with Crippen LogP contribution in [0.5, 0.6) is 0 Å². The fraction of sp³-hybridized carbons (Fsp3) is 0.474. The van der Waals surface area contributed by atoms with Gasteiger partial charge < -0.3 is 10.6 Å². The van der Waals surface area contributed by atoms with Crippen molar-refractivity contribution in [3.05, 3.63) is 30.1 Å². The number of urea groups is 1. The molecule has 0 spiro atoms. The van der Waals surface area contributed by atoms with E-state index in [4.69, 9.17) is 0 Å². The summed E-state index contributed by atoms with van der Waals surface area (Å²) < 4.78 is 13.1. The number of amides is 3. The van der Waals surface area contributed by atoms with E-state index >= 15 is 0 Å². The van der Waals surface area contributed by atoms with Crippen molar-refractivity contribution in [3.8, 4) is 10.6 Å². The first-order chi connectivity index (χ1) is 13.4. The summed E-state index contributed by atoms with van der Waals surface area (Å²) in [5, 5.41) is 17.1. The predicted octanol–water partition coefficient (Wildman–Crippen LogP) is 3.80. The zero-order valence-corrected chi connectivity index (χ0v) is 17.1. The summed E-state index contributed by atoms with van der Waals surface area (Å²) in [7, 11) is 0. The molecule has 0 bridgehead atoms. The lowest BCUT2D eigenvalue weighted by Crippen LogP contribution is -2.51. The molecule has 2 atom stereocenters. The Morgan fingerprint density at radius 1 is 1.18 bits per heavy atom. The standard InChI is InChI=1S/C19H26FN5O2S/c1-4-6-11-21-18(27)22-15(12(3)5-2)16(26)23-19-25-24-17(28-19)13-7-9-14(20)10-8-13/h7-10,12,15H,4-6,11H2,1-3H3,(H2,21,22,27)(H,23,25,26). The summed E-state index contributed by atoms with van der Waals surface area (Å²) in [5.41, 5.74) is 0.714. The van der Waals surface area contributed by atoms with E-state index < -0.39 is 6.04 Å². The number of aromatic nitrogens is 2. The molecule has 1 aromatic carbocycles. The van der Waals surface area contributed by atoms with Crippen molar-refractivity contribution in [2.24, 2.45) is 5.92 Å². The van der Waals surface area contributed by atoms with Gasteiger partial charge in [0, 0.05) is 12.1 Å². The molecule has 9 heteroatoms. The molecule has 0 fully saturated rings. The second-order valence-corrected chi connectivity index (χ2v) is 7.50. The summed E-state index contributed by atoms with van der Waals surface area (Å²) in [5.74, 6) is -0.732. The van der Waals surface area contributed by atoms with E-state index in [-0.39, 0.29) is 23.7 Å². The molecule has 7 nitrogen and oxygen atoms in total. The van der Waals surface area contributed by atoms with E-state index in [2.05, 4.69) is 26.1 Å². The number of benzene rings is 1. The molecular formula is C19H26FN5O2S. The quantitative estimate of drug-likeness (QED) is 0.551. The van der Waals surface area contributed by atoms with Crippen LogP contribution in [0.3, 0.4) is 0 Å². The van der Waals surface area contributed by atoms with Gasteiger partial charge in [0.05, 0.1) is 0 Å². The first kappa shape index (κ1) is 21.7. The second kappa shape index (κ2) is 10.7. The van der Waals surface area contributed by atoms with Crippen molar-refractivity contribution in [3.63, 3.8) is 0 Å². The van der Waals surface area contributed by atoms with Gasteiger partial charge in [0.15, 0.2) is 0 Å². The van der Waals surface area contributed by atoms with Gasteiger partial charge in [-0.3, -0.25) is 10.1 Å². The van der Waals surface area contributed by atoms with Crippen LogP contribution in [0.4, 0.5) is 14.3 Å². The second-order valence-electron chi connectivity index (χ2n) is 6.53. The topological polar surface area (TPSA) is 96.0 Å². The van der Waals surface area contributed by atoms with Crippen molar-refractivity contribution in [1.29, 1.82) is 0 Å². The third kappa shape index (κ3) is 6.26. The lowest BCUT2D eigenvalue weighted by atomic mass is 9.98. The average molecular weight is 408 g/mol. The summed E-state index contributed by atoms with van der Waals surface area (Å²) in [4.78, 5) is 24.8. The van der Waals surface area contributed by atoms with Crippen LogP contribution in [0.25, 0.3) is 10.6 Å². The van der Waals surface area contributed by atoms with Crippen molar-refractivity contribution in [2.75, 3.05) is 11.9 Å². The molecule has 0 aliphatic carbocycles. The van der Waals surface area contributed by atoms with Crippen molar-refractivity contribution < 1.29 is 14.0 Å². The smallest absolute Gasteiger partial charge is 0.315 e. The molecule has 0 saturated carbocycles. The van der Waals surface area contributed by atoms with Crippen LogP contribution >= 0.6 is 11.3 Å². The van der Waals surface area contributed by atoms with E-state index in [0.29, 0.717) is 22.2 Å². The number of nitrogens with one attached hydrogen (secondary N) is 3. The van der Waals surface area contributed by atoms with Gasteiger partial charge in [0.25, 0.3) is 0 Å². The van der Waals surface area contributed by atoms with Gasteiger partial charge in [-0.1, -0.05) is 44.9 Å². The molecule has 3 N–H and O–H groups in total. The van der Waals surface area contributed by atoms with Gasteiger partial charge >= 0.3 is 6.03 Å². The van der Waals surface area contributed by atoms with Crippen molar-refractivity contribution in [1.82, 2.24) is 20.8 Å². The Morgan fingerprint density at radius 3 is 2.54 bits per heavy atom. The highest BCUT2D eigenvalue weighted by molar-refractivity contribution is 7.18. The highest BCUT2D eigenvalue weighted by Gasteiger charge is 2.26. The minimum absolute atomic E-state index is 0.0542. The lowest BCUT2D eigenvalue weighted by molar-refractivity contribution is -0.119. The maximum atomic E-state index is 13.1. The molecule has 152 valence electrons. The van der Waals surface area contributed by atoms with Crippen molar-refractivity contribution in [2.45, 2.75) is 46.1 Å². The van der Waals surface area contributed by atoms with Crippen LogP contribution in [-0.4, -0.2) is 34.7 Å². The molecular weight excluding hydrogens is 381 g/mol. The number of anilines is 1. The summed E-state index contributed by atoms with van der Waals surface area (Å²) in [6.07, 6.45) is 2.58. The normalized spacial score (nSPS) is 12.9. The number of carbonyl (C=O) groups excluding carboxylic acids is 2. The zero-order chi connectivity index (χ0) is 20.5. The van der Waals surface area contributed by atoms with Crippen LogP contribution < -0.4 is 16.0 Å². The Labute approximate surface area is 168 Å². The predicted molar refractivity (Wildman–Crippen MR) is 109 cm³/mol. The molecule has 0 radical (unpaired) electrons. The first-order valence-corrected chi connectivity index (χ1v) is 10.2. The van der Waals surface area contributed by atoms with Crippen LogP contribution in [0.1, 0.15) is 40.0 Å². The Balaban J connectivity index is 2.02. The molecule has 2 rings (SSSR count). The van der Waals surface area contributed by atoms with E-state index in [1.54, 1.807) is 12.1 Å². The molecule has 1 heterocycles. The number of hydrogen-bond donors (Lipinski definition) is 3. The Bertz CT molecular complexity index is 781. The van der Waals surface area contributed by atoms with Gasteiger partial charge in [-0.15, -0.1) is 10.2 Å². The Kier molecular flexibility index (Phi) is 8.31. The van der Waals surface area contributed by atoms with Gasteiger partial charge in [0.1, 0.15) is 16.9 Å². The third-order valence-corrected chi connectivity index (χ3v) is 5.23. The zero-order valence-electron chi connectivity index (χ0n) is 16.3. The number of unbranched alkanes of at least 4 members (excludes halogenated alkanes) is 1. The maximum absolute atomic E-state index is 13.1. The highest BCUT2D eigenvalue weighted by atomic mass is 32.1. The fourth-order valence-corrected chi connectivity index (χ4v) is 3.19. The van der Waals surface area contributed by atoms with E-state index in [1.165, 1.54) is 23.5 Å². The number of nitrogens with zero attached hydrogens (tertiary/aromatic N) is 2. The van der Waals surface area contributed by atoms with Crippen molar-refractivity contribution >= 4 is 28.4 Å². The van der Waals surface area contributed by atoms with Gasteiger partial charge in [0.2, 0.25) is 11.0 Å². The largest absolute Gasteiger partial charge is 0.338 e. The molecule has 0 aliphatic rings.